The monoisotopic (exact) mass is 336 g/mol. The van der Waals surface area contributed by atoms with E-state index < -0.39 is 11.8 Å². The van der Waals surface area contributed by atoms with Crippen LogP contribution in [-0.2, 0) is 4.79 Å². The molecule has 2 aromatic carbocycles. The van der Waals surface area contributed by atoms with Gasteiger partial charge in [0.15, 0.2) is 0 Å². The zero-order chi connectivity index (χ0) is 18.1. The third kappa shape index (κ3) is 5.07. The molecule has 0 aromatic heterocycles. The van der Waals surface area contributed by atoms with Gasteiger partial charge in [-0.05, 0) is 23.8 Å². The molecule has 2 rings (SSSR count). The van der Waals surface area contributed by atoms with Gasteiger partial charge in [0.25, 0.3) is 11.8 Å². The van der Waals surface area contributed by atoms with Gasteiger partial charge in [0.2, 0.25) is 0 Å². The fourth-order valence-electron chi connectivity index (χ4n) is 2.16. The number of rotatable bonds is 7. The molecule has 0 aliphatic carbocycles. The molecule has 0 spiro atoms. The van der Waals surface area contributed by atoms with Crippen molar-refractivity contribution in [1.82, 2.24) is 10.6 Å². The number of carbonyl (C=O) groups is 2. The fourth-order valence-corrected chi connectivity index (χ4v) is 2.16. The first-order valence-electron chi connectivity index (χ1n) is 7.76. The molecule has 2 N–H and O–H groups in total. The minimum atomic E-state index is -0.423. The van der Waals surface area contributed by atoms with Gasteiger partial charge in [0.1, 0.15) is 11.4 Å². The number of nitrogens with one attached hydrogen (secondary N) is 2. The summed E-state index contributed by atoms with van der Waals surface area (Å²) in [5.41, 5.74) is 1.29. The van der Waals surface area contributed by atoms with E-state index in [-0.39, 0.29) is 5.70 Å². The van der Waals surface area contributed by atoms with Crippen LogP contribution in [0.5, 0.6) is 5.75 Å². The van der Waals surface area contributed by atoms with Crippen LogP contribution in [0.2, 0.25) is 0 Å². The number of methoxy groups -OCH3 is 1. The van der Waals surface area contributed by atoms with Crippen LogP contribution in [-0.4, -0.2) is 25.5 Å². The highest BCUT2D eigenvalue weighted by Crippen LogP contribution is 2.17. The molecular weight excluding hydrogens is 316 g/mol. The highest BCUT2D eigenvalue weighted by atomic mass is 16.5. The SMILES string of the molecule is C=CCNC(=O)C(=Cc1ccccc1)NC(=O)c1ccccc1OC. The number of hydrogen-bond acceptors (Lipinski definition) is 3. The average Bonchev–Trinajstić information content (AvgIpc) is 2.66. The quantitative estimate of drug-likeness (QED) is 0.603. The molecule has 0 heterocycles. The normalized spacial score (nSPS) is 10.7. The van der Waals surface area contributed by atoms with Crippen LogP contribution in [0, 0.1) is 0 Å². The van der Waals surface area contributed by atoms with Gasteiger partial charge in [-0.1, -0.05) is 48.5 Å². The lowest BCUT2D eigenvalue weighted by Gasteiger charge is -2.12. The summed E-state index contributed by atoms with van der Waals surface area (Å²) in [4.78, 5) is 24.9. The second kappa shape index (κ2) is 9.08. The van der Waals surface area contributed by atoms with Crippen LogP contribution >= 0.6 is 0 Å². The molecule has 0 aliphatic rings. The van der Waals surface area contributed by atoms with Gasteiger partial charge >= 0.3 is 0 Å². The van der Waals surface area contributed by atoms with Gasteiger partial charge in [0.05, 0.1) is 12.7 Å². The summed E-state index contributed by atoms with van der Waals surface area (Å²) in [6.07, 6.45) is 3.19. The molecule has 5 heteroatoms. The Kier molecular flexibility index (Phi) is 6.54. The number of para-hydroxylation sites is 1. The van der Waals surface area contributed by atoms with Crippen LogP contribution in [0.4, 0.5) is 0 Å². The fraction of sp³-hybridized carbons (Fsp3) is 0.100. The van der Waals surface area contributed by atoms with Crippen molar-refractivity contribution >= 4 is 17.9 Å². The van der Waals surface area contributed by atoms with Crippen LogP contribution in [0.1, 0.15) is 15.9 Å². The molecule has 0 fully saturated rings. The minimum absolute atomic E-state index is 0.143. The van der Waals surface area contributed by atoms with Crippen molar-refractivity contribution in [2.45, 2.75) is 0 Å². The first kappa shape index (κ1) is 18.0. The summed E-state index contributed by atoms with van der Waals surface area (Å²) >= 11 is 0. The molecule has 0 bridgehead atoms. The van der Waals surface area contributed by atoms with E-state index in [1.54, 1.807) is 36.4 Å². The van der Waals surface area contributed by atoms with Crippen LogP contribution in [0.25, 0.3) is 6.08 Å². The molecular formula is C20H20N2O3. The summed E-state index contributed by atoms with van der Waals surface area (Å²) in [5, 5.41) is 5.33. The summed E-state index contributed by atoms with van der Waals surface area (Å²) < 4.78 is 5.20. The number of amides is 2. The Morgan fingerprint density at radius 3 is 2.44 bits per heavy atom. The van der Waals surface area contributed by atoms with Gasteiger partial charge < -0.3 is 15.4 Å². The van der Waals surface area contributed by atoms with Crippen molar-refractivity contribution in [3.8, 4) is 5.75 Å². The first-order chi connectivity index (χ1) is 12.2. The Hall–Kier alpha value is -3.34. The maximum absolute atomic E-state index is 12.6. The molecule has 0 radical (unpaired) electrons. The molecule has 0 unspecified atom stereocenters. The van der Waals surface area contributed by atoms with Crippen LogP contribution in [0.3, 0.4) is 0 Å². The smallest absolute Gasteiger partial charge is 0.268 e. The van der Waals surface area contributed by atoms with E-state index in [4.69, 9.17) is 4.74 Å². The van der Waals surface area contributed by atoms with E-state index in [0.29, 0.717) is 17.9 Å². The number of carbonyl (C=O) groups excluding carboxylic acids is 2. The highest BCUT2D eigenvalue weighted by Gasteiger charge is 2.16. The van der Waals surface area contributed by atoms with Gasteiger partial charge in [0, 0.05) is 6.54 Å². The van der Waals surface area contributed by atoms with Crippen LogP contribution in [0.15, 0.2) is 72.9 Å². The summed E-state index contributed by atoms with van der Waals surface area (Å²) in [6.45, 7) is 3.87. The van der Waals surface area contributed by atoms with Crippen molar-refractivity contribution < 1.29 is 14.3 Å². The average molecular weight is 336 g/mol. The Morgan fingerprint density at radius 1 is 1.08 bits per heavy atom. The zero-order valence-corrected chi connectivity index (χ0v) is 14.0. The lowest BCUT2D eigenvalue weighted by molar-refractivity contribution is -0.117. The summed E-state index contributed by atoms with van der Waals surface area (Å²) in [7, 11) is 1.49. The minimum Gasteiger partial charge on any atom is -0.496 e. The standard InChI is InChI=1S/C20H20N2O3/c1-3-13-21-20(24)17(14-15-9-5-4-6-10-15)22-19(23)16-11-7-8-12-18(16)25-2/h3-12,14H,1,13H2,2H3,(H,21,24)(H,22,23). The summed E-state index contributed by atoms with van der Waals surface area (Å²) in [5.74, 6) is -0.383. The second-order valence-electron chi connectivity index (χ2n) is 5.12. The zero-order valence-electron chi connectivity index (χ0n) is 14.0. The lowest BCUT2D eigenvalue weighted by atomic mass is 10.1. The van der Waals surface area contributed by atoms with E-state index >= 15 is 0 Å². The molecule has 0 saturated heterocycles. The second-order valence-corrected chi connectivity index (χ2v) is 5.12. The molecule has 2 aromatic rings. The van der Waals surface area contributed by atoms with Crippen molar-refractivity contribution in [3.05, 3.63) is 84.1 Å². The maximum Gasteiger partial charge on any atom is 0.268 e. The predicted molar refractivity (Wildman–Crippen MR) is 98.1 cm³/mol. The van der Waals surface area contributed by atoms with Crippen molar-refractivity contribution in [3.63, 3.8) is 0 Å². The van der Waals surface area contributed by atoms with E-state index in [0.717, 1.165) is 5.56 Å². The molecule has 5 nitrogen and oxygen atoms in total. The Morgan fingerprint density at radius 2 is 1.76 bits per heavy atom. The molecule has 2 amide bonds. The van der Waals surface area contributed by atoms with E-state index in [1.165, 1.54) is 7.11 Å². The van der Waals surface area contributed by atoms with Gasteiger partial charge in [-0.25, -0.2) is 0 Å². The Bertz CT molecular complexity index is 783. The third-order valence-electron chi connectivity index (χ3n) is 3.36. The number of benzene rings is 2. The van der Waals surface area contributed by atoms with Crippen molar-refractivity contribution in [2.24, 2.45) is 0 Å². The molecule has 0 aliphatic heterocycles. The summed E-state index contributed by atoms with van der Waals surface area (Å²) in [6, 6.07) is 16.1. The molecule has 0 atom stereocenters. The highest BCUT2D eigenvalue weighted by molar-refractivity contribution is 6.06. The molecule has 0 saturated carbocycles. The van der Waals surface area contributed by atoms with Gasteiger partial charge in [-0.3, -0.25) is 9.59 Å². The van der Waals surface area contributed by atoms with E-state index in [9.17, 15) is 9.59 Å². The van der Waals surface area contributed by atoms with E-state index in [2.05, 4.69) is 17.2 Å². The Balaban J connectivity index is 2.29. The van der Waals surface area contributed by atoms with E-state index in [1.807, 2.05) is 30.3 Å². The molecule has 25 heavy (non-hydrogen) atoms. The first-order valence-corrected chi connectivity index (χ1v) is 7.76. The maximum atomic E-state index is 12.6. The largest absolute Gasteiger partial charge is 0.496 e. The van der Waals surface area contributed by atoms with Crippen LogP contribution < -0.4 is 15.4 Å². The van der Waals surface area contributed by atoms with Gasteiger partial charge in [-0.2, -0.15) is 0 Å². The topological polar surface area (TPSA) is 67.4 Å². The Labute approximate surface area is 147 Å². The number of hydrogen-bond donors (Lipinski definition) is 2. The predicted octanol–water partition coefficient (Wildman–Crippen LogP) is 2.77. The molecule has 128 valence electrons. The van der Waals surface area contributed by atoms with Crippen molar-refractivity contribution in [2.75, 3.05) is 13.7 Å². The number of ether oxygens (including phenoxy) is 1. The van der Waals surface area contributed by atoms with Gasteiger partial charge in [-0.15, -0.1) is 6.58 Å². The van der Waals surface area contributed by atoms with Crippen molar-refractivity contribution in [1.29, 1.82) is 0 Å². The third-order valence-corrected chi connectivity index (χ3v) is 3.36. The lowest BCUT2D eigenvalue weighted by Crippen LogP contribution is -2.35.